The lowest BCUT2D eigenvalue weighted by atomic mass is 10.1. The summed E-state index contributed by atoms with van der Waals surface area (Å²) >= 11 is 1.87. The van der Waals surface area contributed by atoms with Crippen LogP contribution in [0.25, 0.3) is 21.9 Å². The zero-order chi connectivity index (χ0) is 42.8. The average molecular weight is 842 g/mol. The fraction of sp³-hybridized carbons (Fsp3) is 0.455. The topological polar surface area (TPSA) is 44.1 Å². The molecule has 5 nitrogen and oxygen atoms in total. The summed E-state index contributed by atoms with van der Waals surface area (Å²) in [5.41, 5.74) is 9.22. The largest absolute Gasteiger partial charge is 0.493 e. The second kappa shape index (κ2) is 24.2. The Kier molecular flexibility index (Phi) is 18.2. The molecule has 326 valence electrons. The highest BCUT2D eigenvalue weighted by molar-refractivity contribution is 7.99. The quantitative estimate of drug-likeness (QED) is 0.0599. The van der Waals surface area contributed by atoms with Gasteiger partial charge >= 0.3 is 0 Å². The number of anilines is 2. The number of nitrogens with zero attached hydrogens (tertiary/aromatic N) is 1. The average Bonchev–Trinajstić information content (AvgIpc) is 3.60. The molecule has 6 aromatic rings. The molecule has 0 atom stereocenters. The molecule has 1 aliphatic heterocycles. The molecule has 0 N–H and O–H groups in total. The second-order valence-electron chi connectivity index (χ2n) is 16.9. The summed E-state index contributed by atoms with van der Waals surface area (Å²) in [6.07, 6.45) is 18.7. The van der Waals surface area contributed by atoms with E-state index in [-0.39, 0.29) is 0 Å². The highest BCUT2D eigenvalue weighted by Gasteiger charge is 2.22. The normalized spacial score (nSPS) is 11.9. The van der Waals surface area contributed by atoms with Crippen LogP contribution in [0, 0.1) is 27.7 Å². The maximum absolute atomic E-state index is 6.17. The Morgan fingerprint density at radius 1 is 0.459 bits per heavy atom. The predicted molar refractivity (Wildman–Crippen MR) is 260 cm³/mol. The van der Waals surface area contributed by atoms with E-state index in [1.165, 1.54) is 103 Å². The molecule has 0 saturated heterocycles. The smallest absolute Gasteiger partial charge is 0.135 e. The van der Waals surface area contributed by atoms with Gasteiger partial charge in [-0.2, -0.15) is 0 Å². The van der Waals surface area contributed by atoms with Crippen LogP contribution in [-0.2, 0) is 0 Å². The Hall–Kier alpha value is -4.55. The molecule has 0 unspecified atom stereocenters. The van der Waals surface area contributed by atoms with Crippen LogP contribution in [-0.4, -0.2) is 26.4 Å². The van der Waals surface area contributed by atoms with E-state index < -0.39 is 0 Å². The summed E-state index contributed by atoms with van der Waals surface area (Å²) in [4.78, 5) is 5.17. The fourth-order valence-corrected chi connectivity index (χ4v) is 9.18. The maximum atomic E-state index is 6.17. The molecule has 0 radical (unpaired) electrons. The lowest BCUT2D eigenvalue weighted by Crippen LogP contribution is -2.22. The Morgan fingerprint density at radius 2 is 0.902 bits per heavy atom. The number of hydrogen-bond acceptors (Lipinski definition) is 6. The Labute approximate surface area is 371 Å². The third-order valence-corrected chi connectivity index (χ3v) is 12.9. The Balaban J connectivity index is 0.000000206. The first-order valence-electron chi connectivity index (χ1n) is 23.4. The van der Waals surface area contributed by atoms with Crippen molar-refractivity contribution in [2.75, 3.05) is 31.3 Å². The van der Waals surface area contributed by atoms with Gasteiger partial charge in [-0.1, -0.05) is 126 Å². The molecule has 0 spiro atoms. The van der Waals surface area contributed by atoms with E-state index in [2.05, 4.69) is 137 Å². The lowest BCUT2D eigenvalue weighted by molar-refractivity contribution is 0.302. The SMILES string of the molecule is CCCCCCCCOc1cc2c(cc1C)oc1cc(C)c(OCCCCCCCC)cc12.Cc1ccc(C)c(OCCCCCN2c3ccccc3Sc3ccccc32)c1. The van der Waals surface area contributed by atoms with Crippen molar-refractivity contribution in [3.8, 4) is 17.2 Å². The van der Waals surface area contributed by atoms with Crippen molar-refractivity contribution >= 4 is 45.1 Å². The van der Waals surface area contributed by atoms with E-state index in [4.69, 9.17) is 18.6 Å². The van der Waals surface area contributed by atoms with Crippen molar-refractivity contribution in [1.29, 1.82) is 0 Å². The Morgan fingerprint density at radius 3 is 1.41 bits per heavy atom. The monoisotopic (exact) mass is 842 g/mol. The highest BCUT2D eigenvalue weighted by Crippen LogP contribution is 2.48. The number of para-hydroxylation sites is 2. The summed E-state index contributed by atoms with van der Waals surface area (Å²) in [7, 11) is 0. The number of aryl methyl sites for hydroxylation is 4. The molecule has 0 fully saturated rings. The molecule has 0 amide bonds. The predicted octanol–water partition coefficient (Wildman–Crippen LogP) is 16.8. The molecule has 7 rings (SSSR count). The third kappa shape index (κ3) is 13.2. The van der Waals surface area contributed by atoms with Crippen molar-refractivity contribution in [1.82, 2.24) is 0 Å². The van der Waals surface area contributed by atoms with Crippen molar-refractivity contribution in [3.05, 3.63) is 113 Å². The van der Waals surface area contributed by atoms with Gasteiger partial charge in [-0.15, -0.1) is 0 Å². The molecule has 6 heteroatoms. The van der Waals surface area contributed by atoms with Gasteiger partial charge < -0.3 is 23.5 Å². The van der Waals surface area contributed by atoms with Crippen LogP contribution in [0.2, 0.25) is 0 Å². The number of ether oxygens (including phenoxy) is 3. The third-order valence-electron chi connectivity index (χ3n) is 11.7. The first kappa shape index (κ1) is 46.0. The van der Waals surface area contributed by atoms with E-state index in [9.17, 15) is 0 Å². The van der Waals surface area contributed by atoms with Gasteiger partial charge in [0, 0.05) is 27.1 Å². The van der Waals surface area contributed by atoms with E-state index in [1.54, 1.807) is 0 Å². The zero-order valence-electron chi connectivity index (χ0n) is 38.1. The molecular weight excluding hydrogens is 771 g/mol. The minimum absolute atomic E-state index is 0.778. The molecular formula is C55H71NO4S. The van der Waals surface area contributed by atoms with Crippen molar-refractivity contribution in [2.24, 2.45) is 0 Å². The number of fused-ring (bicyclic) bond motifs is 5. The van der Waals surface area contributed by atoms with Gasteiger partial charge in [-0.3, -0.25) is 0 Å². The van der Waals surface area contributed by atoms with Gasteiger partial charge in [0.15, 0.2) is 0 Å². The standard InChI is InChI=1S/C30H44O3.C25H27NOS/c1-5-7-9-11-13-15-17-31-27-21-25-26-22-28(32-18-16-14-12-10-8-6-2)24(4)20-30(26)33-29(25)19-23(27)3;1-19-14-15-20(2)23(18-19)27-17-9-3-8-16-26-21-10-4-6-12-24(21)28-25-13-7-5-11-22(25)26/h19-22H,5-18H2,1-4H3;4-7,10-15,18H,3,8-9,16-17H2,1-2H3. The van der Waals surface area contributed by atoms with Crippen LogP contribution in [0.1, 0.15) is 132 Å². The van der Waals surface area contributed by atoms with Crippen molar-refractivity contribution < 1.29 is 18.6 Å². The van der Waals surface area contributed by atoms with E-state index >= 15 is 0 Å². The van der Waals surface area contributed by atoms with Gasteiger partial charge in [0.25, 0.3) is 0 Å². The fourth-order valence-electron chi connectivity index (χ4n) is 8.09. The van der Waals surface area contributed by atoms with Crippen LogP contribution in [0.5, 0.6) is 17.2 Å². The van der Waals surface area contributed by atoms with Gasteiger partial charge in [0.05, 0.1) is 31.2 Å². The number of furan rings is 1. The molecule has 0 aliphatic carbocycles. The summed E-state index contributed by atoms with van der Waals surface area (Å²) in [5.74, 6) is 2.96. The first-order chi connectivity index (χ1) is 29.9. The molecule has 1 aliphatic rings. The highest BCUT2D eigenvalue weighted by atomic mass is 32.2. The van der Waals surface area contributed by atoms with Gasteiger partial charge in [0.1, 0.15) is 28.4 Å². The van der Waals surface area contributed by atoms with Crippen LogP contribution in [0.4, 0.5) is 11.4 Å². The van der Waals surface area contributed by atoms with Crippen LogP contribution < -0.4 is 19.1 Å². The summed E-state index contributed by atoms with van der Waals surface area (Å²) in [6.45, 7) is 16.3. The van der Waals surface area contributed by atoms with Gasteiger partial charge in [-0.25, -0.2) is 0 Å². The second-order valence-corrected chi connectivity index (χ2v) is 18.0. The van der Waals surface area contributed by atoms with Crippen LogP contribution in [0.15, 0.2) is 105 Å². The van der Waals surface area contributed by atoms with E-state index in [1.807, 2.05) is 11.8 Å². The number of rotatable bonds is 23. The molecule has 1 aromatic heterocycles. The molecule has 2 heterocycles. The summed E-state index contributed by atoms with van der Waals surface area (Å²) < 4.78 is 24.5. The maximum Gasteiger partial charge on any atom is 0.135 e. The molecule has 0 bridgehead atoms. The molecule has 0 saturated carbocycles. The van der Waals surface area contributed by atoms with Crippen molar-refractivity contribution in [2.45, 2.75) is 148 Å². The minimum atomic E-state index is 0.778. The molecule has 5 aromatic carbocycles. The van der Waals surface area contributed by atoms with Gasteiger partial charge in [-0.05, 0) is 137 Å². The van der Waals surface area contributed by atoms with Crippen LogP contribution in [0.3, 0.4) is 0 Å². The lowest BCUT2D eigenvalue weighted by Gasteiger charge is -2.32. The number of unbranched alkanes of at least 4 members (excludes halogenated alkanes) is 12. The van der Waals surface area contributed by atoms with E-state index in [0.29, 0.717) is 0 Å². The van der Waals surface area contributed by atoms with Gasteiger partial charge in [0.2, 0.25) is 0 Å². The van der Waals surface area contributed by atoms with Crippen LogP contribution >= 0.6 is 11.8 Å². The van der Waals surface area contributed by atoms with E-state index in [0.717, 1.165) is 102 Å². The summed E-state index contributed by atoms with van der Waals surface area (Å²) in [6, 6.07) is 32.4. The summed E-state index contributed by atoms with van der Waals surface area (Å²) in [5, 5.41) is 2.22. The Bertz CT molecular complexity index is 2140. The van der Waals surface area contributed by atoms with Crippen molar-refractivity contribution in [3.63, 3.8) is 0 Å². The number of hydrogen-bond donors (Lipinski definition) is 0. The number of benzene rings is 5. The minimum Gasteiger partial charge on any atom is -0.493 e. The molecule has 61 heavy (non-hydrogen) atoms. The first-order valence-corrected chi connectivity index (χ1v) is 24.2. The zero-order valence-corrected chi connectivity index (χ0v) is 38.9.